The summed E-state index contributed by atoms with van der Waals surface area (Å²) < 4.78 is 32.5. The molecule has 0 spiro atoms. The van der Waals surface area contributed by atoms with Crippen LogP contribution in [0.25, 0.3) is 0 Å². The summed E-state index contributed by atoms with van der Waals surface area (Å²) in [7, 11) is -4.63. The number of rotatable bonds is 35. The Labute approximate surface area is 303 Å². The van der Waals surface area contributed by atoms with E-state index in [1.165, 1.54) is 57.8 Å². The van der Waals surface area contributed by atoms with Crippen molar-refractivity contribution in [2.24, 2.45) is 0 Å². The van der Waals surface area contributed by atoms with Gasteiger partial charge in [0.2, 0.25) is 0 Å². The molecular formula is C39H69O10P. The Balaban J connectivity index is 4.46. The Morgan fingerprint density at radius 2 is 1.14 bits per heavy atom. The minimum atomic E-state index is -4.63. The average molecular weight is 729 g/mol. The van der Waals surface area contributed by atoms with Gasteiger partial charge in [-0.2, -0.15) is 0 Å². The van der Waals surface area contributed by atoms with Crippen LogP contribution in [0.1, 0.15) is 149 Å². The highest BCUT2D eigenvalue weighted by atomic mass is 31.2. The Kier molecular flexibility index (Phi) is 33.9. The van der Waals surface area contributed by atoms with E-state index in [0.717, 1.165) is 51.4 Å². The molecule has 0 aromatic carbocycles. The normalized spacial score (nSPS) is 14.6. The summed E-state index contributed by atoms with van der Waals surface area (Å²) in [5.41, 5.74) is 0. The lowest BCUT2D eigenvalue weighted by molar-refractivity contribution is -0.161. The molecule has 0 amide bonds. The zero-order valence-electron chi connectivity index (χ0n) is 31.1. The Morgan fingerprint density at radius 3 is 1.72 bits per heavy atom. The molecule has 0 bridgehead atoms. The highest BCUT2D eigenvalue weighted by Crippen LogP contribution is 2.43. The van der Waals surface area contributed by atoms with Gasteiger partial charge in [0.15, 0.2) is 6.10 Å². The first kappa shape index (κ1) is 47.9. The molecule has 0 aliphatic rings. The van der Waals surface area contributed by atoms with Crippen molar-refractivity contribution in [3.05, 3.63) is 48.6 Å². The van der Waals surface area contributed by atoms with Crippen LogP contribution in [0.3, 0.4) is 0 Å². The number of allylic oxidation sites excluding steroid dienone is 8. The van der Waals surface area contributed by atoms with Gasteiger partial charge in [-0.25, -0.2) is 4.57 Å². The summed E-state index contributed by atoms with van der Waals surface area (Å²) in [6.45, 7) is 2.16. The number of carbonyl (C=O) groups excluding carboxylic acids is 2. The smallest absolute Gasteiger partial charge is 0.462 e. The van der Waals surface area contributed by atoms with Gasteiger partial charge in [0.1, 0.15) is 12.7 Å². The topological polar surface area (TPSA) is 149 Å². The molecule has 0 saturated carbocycles. The standard InChI is InChI=1S/C39H69O10P/c1-3-5-7-9-11-13-15-17-19-20-22-24-26-28-30-38(42)46-34-37(35-48-50(44,45)47-33-36(41)32-40)49-39(43)31-29-27-25-23-21-18-16-14-12-10-8-6-4-2/h5,7,11,13,18,21,25,27,36-37,40-41H,3-4,6,8-10,12,14-17,19-20,22-24,26,28-35H2,1-2H3,(H,44,45)/b7-5+,13-11+,21-18+,27-25+/t36-,37?/m0/s1. The monoisotopic (exact) mass is 728 g/mol. The molecule has 0 aliphatic carbocycles. The zero-order valence-corrected chi connectivity index (χ0v) is 32.0. The van der Waals surface area contributed by atoms with Gasteiger partial charge in [-0.15, -0.1) is 0 Å². The van der Waals surface area contributed by atoms with Gasteiger partial charge in [0.05, 0.1) is 19.8 Å². The Hall–Kier alpha value is -2.07. The van der Waals surface area contributed by atoms with Crippen LogP contribution in [-0.4, -0.2) is 65.7 Å². The maximum Gasteiger partial charge on any atom is 0.472 e. The second-order valence-corrected chi connectivity index (χ2v) is 14.0. The molecule has 290 valence electrons. The van der Waals surface area contributed by atoms with Gasteiger partial charge in [-0.1, -0.05) is 127 Å². The van der Waals surface area contributed by atoms with Crippen LogP contribution in [0.4, 0.5) is 0 Å². The molecule has 0 fully saturated rings. The maximum atomic E-state index is 12.5. The number of phosphoric ester groups is 1. The van der Waals surface area contributed by atoms with Crippen molar-refractivity contribution in [3.63, 3.8) is 0 Å². The maximum absolute atomic E-state index is 12.5. The van der Waals surface area contributed by atoms with E-state index in [1.54, 1.807) is 0 Å². The number of phosphoric acid groups is 1. The molecule has 0 aromatic rings. The number of ether oxygens (including phenoxy) is 2. The molecule has 11 heteroatoms. The van der Waals surface area contributed by atoms with E-state index in [9.17, 15) is 24.2 Å². The highest BCUT2D eigenvalue weighted by Gasteiger charge is 2.27. The molecular weight excluding hydrogens is 659 g/mol. The minimum Gasteiger partial charge on any atom is -0.462 e. The van der Waals surface area contributed by atoms with Gasteiger partial charge < -0.3 is 24.6 Å². The fourth-order valence-corrected chi connectivity index (χ4v) is 5.58. The van der Waals surface area contributed by atoms with Crippen molar-refractivity contribution >= 4 is 19.8 Å². The Morgan fingerprint density at radius 1 is 0.620 bits per heavy atom. The molecule has 0 aliphatic heterocycles. The summed E-state index contributed by atoms with van der Waals surface area (Å²) in [5, 5.41) is 18.3. The molecule has 0 radical (unpaired) electrons. The molecule has 0 saturated heterocycles. The van der Waals surface area contributed by atoms with Crippen LogP contribution in [-0.2, 0) is 32.7 Å². The van der Waals surface area contributed by atoms with Crippen molar-refractivity contribution in [3.8, 4) is 0 Å². The molecule has 3 N–H and O–H groups in total. The third-order valence-electron chi connectivity index (χ3n) is 7.73. The van der Waals surface area contributed by atoms with Gasteiger partial charge in [0, 0.05) is 12.8 Å². The van der Waals surface area contributed by atoms with Crippen molar-refractivity contribution in [2.45, 2.75) is 161 Å². The second-order valence-electron chi connectivity index (χ2n) is 12.6. The van der Waals surface area contributed by atoms with Crippen molar-refractivity contribution in [1.29, 1.82) is 0 Å². The lowest BCUT2D eigenvalue weighted by Gasteiger charge is -2.20. The highest BCUT2D eigenvalue weighted by molar-refractivity contribution is 7.47. The quantitative estimate of drug-likeness (QED) is 0.0249. The third-order valence-corrected chi connectivity index (χ3v) is 8.68. The van der Waals surface area contributed by atoms with E-state index >= 15 is 0 Å². The van der Waals surface area contributed by atoms with Crippen LogP contribution in [0.5, 0.6) is 0 Å². The van der Waals surface area contributed by atoms with E-state index in [2.05, 4.69) is 54.8 Å². The van der Waals surface area contributed by atoms with Crippen LogP contribution in [0.15, 0.2) is 48.6 Å². The van der Waals surface area contributed by atoms with Crippen LogP contribution in [0, 0.1) is 0 Å². The first-order valence-electron chi connectivity index (χ1n) is 19.1. The van der Waals surface area contributed by atoms with Gasteiger partial charge >= 0.3 is 19.8 Å². The van der Waals surface area contributed by atoms with Gasteiger partial charge in [-0.3, -0.25) is 18.6 Å². The summed E-state index contributed by atoms with van der Waals surface area (Å²) in [6, 6.07) is 0. The van der Waals surface area contributed by atoms with Crippen molar-refractivity contribution in [2.75, 3.05) is 26.4 Å². The number of aliphatic hydroxyl groups is 2. The second kappa shape index (κ2) is 35.3. The molecule has 0 aromatic heterocycles. The van der Waals surface area contributed by atoms with E-state index in [0.29, 0.717) is 12.8 Å². The average Bonchev–Trinajstić information content (AvgIpc) is 3.10. The number of hydrogen-bond acceptors (Lipinski definition) is 9. The fraction of sp³-hybridized carbons (Fsp3) is 0.744. The van der Waals surface area contributed by atoms with Crippen molar-refractivity contribution in [1.82, 2.24) is 0 Å². The molecule has 50 heavy (non-hydrogen) atoms. The number of unbranched alkanes of at least 4 members (excludes halogenated alkanes) is 13. The minimum absolute atomic E-state index is 0.0751. The predicted molar refractivity (Wildman–Crippen MR) is 201 cm³/mol. The van der Waals surface area contributed by atoms with E-state index in [4.69, 9.17) is 19.1 Å². The van der Waals surface area contributed by atoms with Crippen LogP contribution < -0.4 is 0 Å². The SMILES string of the molecule is CC/C=C/C/C=C/CCCCCCCCCC(=O)OCC(COP(=O)(O)OC[C@@H](O)CO)OC(=O)CC/C=C/C/C=C/CCCCCCCC. The lowest BCUT2D eigenvalue weighted by atomic mass is 10.1. The summed E-state index contributed by atoms with van der Waals surface area (Å²) in [6.07, 6.45) is 35.3. The Bertz CT molecular complexity index is 978. The summed E-state index contributed by atoms with van der Waals surface area (Å²) in [4.78, 5) is 34.8. The van der Waals surface area contributed by atoms with E-state index < -0.39 is 51.8 Å². The number of hydrogen-bond donors (Lipinski definition) is 3. The largest absolute Gasteiger partial charge is 0.472 e. The summed E-state index contributed by atoms with van der Waals surface area (Å²) in [5.74, 6) is -1.02. The summed E-state index contributed by atoms with van der Waals surface area (Å²) >= 11 is 0. The van der Waals surface area contributed by atoms with Crippen LogP contribution >= 0.6 is 7.82 Å². The number of esters is 2. The third kappa shape index (κ3) is 34.4. The number of carbonyl (C=O) groups is 2. The lowest BCUT2D eigenvalue weighted by Crippen LogP contribution is -2.29. The van der Waals surface area contributed by atoms with E-state index in [1.807, 2.05) is 12.2 Å². The molecule has 3 atom stereocenters. The van der Waals surface area contributed by atoms with Gasteiger partial charge in [0.25, 0.3) is 0 Å². The van der Waals surface area contributed by atoms with Crippen molar-refractivity contribution < 1.29 is 47.8 Å². The first-order valence-corrected chi connectivity index (χ1v) is 20.6. The fourth-order valence-electron chi connectivity index (χ4n) is 4.79. The molecule has 0 heterocycles. The molecule has 2 unspecified atom stereocenters. The number of aliphatic hydroxyl groups excluding tert-OH is 2. The zero-order chi connectivity index (χ0) is 37.0. The van der Waals surface area contributed by atoms with Gasteiger partial charge in [-0.05, 0) is 57.8 Å². The molecule has 10 nitrogen and oxygen atoms in total. The molecule has 0 rings (SSSR count). The van der Waals surface area contributed by atoms with E-state index in [-0.39, 0.29) is 19.4 Å². The predicted octanol–water partition coefficient (Wildman–Crippen LogP) is 9.38. The van der Waals surface area contributed by atoms with Crippen LogP contribution in [0.2, 0.25) is 0 Å². The first-order chi connectivity index (χ1) is 24.2.